The summed E-state index contributed by atoms with van der Waals surface area (Å²) in [7, 11) is 0. The molecule has 1 N–H and O–H groups in total. The smallest absolute Gasteiger partial charge is 0.318 e. The van der Waals surface area contributed by atoms with E-state index in [9.17, 15) is 18.0 Å². The zero-order valence-electron chi connectivity index (χ0n) is 15.6. The molecule has 2 aromatic rings. The van der Waals surface area contributed by atoms with Crippen molar-refractivity contribution in [1.82, 2.24) is 9.58 Å². The van der Waals surface area contributed by atoms with E-state index in [1.807, 2.05) is 48.7 Å². The van der Waals surface area contributed by atoms with E-state index in [2.05, 4.69) is 26.0 Å². The molecule has 0 spiro atoms. The number of benzene rings is 1. The van der Waals surface area contributed by atoms with Gasteiger partial charge in [-0.15, -0.1) is 0 Å². The van der Waals surface area contributed by atoms with Gasteiger partial charge in [0.15, 0.2) is 5.84 Å². The van der Waals surface area contributed by atoms with Crippen LogP contribution in [0.1, 0.15) is 17.0 Å². The third kappa shape index (κ3) is 3.52. The molecule has 154 valence electrons. The van der Waals surface area contributed by atoms with Crippen molar-refractivity contribution >= 4 is 55.7 Å². The Balaban J connectivity index is 1.74. The zero-order valence-corrected chi connectivity index (χ0v) is 18.0. The number of rotatable bonds is 2. The van der Waals surface area contributed by atoms with Crippen molar-refractivity contribution < 1.29 is 18.0 Å². The molecule has 2 aliphatic rings. The van der Waals surface area contributed by atoms with Crippen LogP contribution in [-0.2, 0) is 4.79 Å². The summed E-state index contributed by atoms with van der Waals surface area (Å²) in [6.45, 7) is 3.76. The molecule has 0 fully saturated rings. The number of amides is 1. The molecule has 0 aliphatic carbocycles. The fraction of sp³-hybridized carbons (Fsp3) is 0.158. The van der Waals surface area contributed by atoms with Crippen molar-refractivity contribution in [2.75, 3.05) is 0 Å². The Bertz CT molecular complexity index is 1180. The quantitative estimate of drug-likeness (QED) is 0.593. The van der Waals surface area contributed by atoms with Crippen LogP contribution in [0.2, 0.25) is 0 Å². The van der Waals surface area contributed by atoms with Gasteiger partial charge in [0.25, 0.3) is 5.91 Å². The van der Waals surface area contributed by atoms with Gasteiger partial charge in [-0.2, -0.15) is 28.3 Å². The summed E-state index contributed by atoms with van der Waals surface area (Å²) in [5.41, 5.74) is 3.16. The summed E-state index contributed by atoms with van der Waals surface area (Å²) in [5, 5.41) is 11.0. The van der Waals surface area contributed by atoms with E-state index in [0.29, 0.717) is 5.56 Å². The first kappa shape index (κ1) is 20.6. The molecule has 4 rings (SSSR count). The number of carbonyl (C=O) groups is 1. The lowest BCUT2D eigenvalue weighted by Gasteiger charge is -2.20. The fourth-order valence-corrected chi connectivity index (χ4v) is 4.21. The van der Waals surface area contributed by atoms with E-state index < -0.39 is 23.0 Å². The average molecular weight is 496 g/mol. The lowest BCUT2D eigenvalue weighted by Crippen LogP contribution is -2.35. The molecule has 2 aliphatic heterocycles. The number of amidine groups is 2. The number of nitrogens with zero attached hydrogens (tertiary/aromatic N) is 4. The van der Waals surface area contributed by atoms with Crippen LogP contribution in [0.15, 0.2) is 50.5 Å². The van der Waals surface area contributed by atoms with Crippen LogP contribution in [0.4, 0.5) is 13.2 Å². The maximum absolute atomic E-state index is 12.9. The molecule has 0 saturated heterocycles. The summed E-state index contributed by atoms with van der Waals surface area (Å²) in [6.07, 6.45) is -3.21. The van der Waals surface area contributed by atoms with E-state index in [1.165, 1.54) is 6.08 Å². The summed E-state index contributed by atoms with van der Waals surface area (Å²) in [5.74, 6) is -1.21. The summed E-state index contributed by atoms with van der Waals surface area (Å²) >= 11 is 3.63. The predicted molar refractivity (Wildman–Crippen MR) is 114 cm³/mol. The number of aryl methyl sites for hydroxylation is 1. The van der Waals surface area contributed by atoms with Gasteiger partial charge in [-0.25, -0.2) is 0 Å². The molecular weight excluding hydrogens is 483 g/mol. The van der Waals surface area contributed by atoms with Gasteiger partial charge in [-0.05, 0) is 67.6 Å². The molecule has 3 heterocycles. The van der Waals surface area contributed by atoms with Gasteiger partial charge in [0.2, 0.25) is 10.2 Å². The molecule has 0 radical (unpaired) electrons. The molecule has 30 heavy (non-hydrogen) atoms. The molecule has 11 heteroatoms. The second-order valence-electron chi connectivity index (χ2n) is 6.56. The van der Waals surface area contributed by atoms with Crippen LogP contribution in [-0.4, -0.2) is 37.7 Å². The summed E-state index contributed by atoms with van der Waals surface area (Å²) in [4.78, 5) is 16.1. The molecule has 0 bridgehead atoms. The standard InChI is InChI=1S/C19H13BrF3N5OS/c1-9-7-11(10(2)27(9)13-5-3-12(20)4-6-13)8-14-15(24)28-18(25-16(14)29)30-17(26-28)19(21,22)23/h3-8,24H,1-2H3/b14-8+,24-15?. The van der Waals surface area contributed by atoms with Crippen molar-refractivity contribution in [2.24, 2.45) is 10.1 Å². The molecule has 0 atom stereocenters. The highest BCUT2D eigenvalue weighted by Gasteiger charge is 2.46. The first-order chi connectivity index (χ1) is 14.1. The normalized spacial score (nSPS) is 18.1. The van der Waals surface area contributed by atoms with E-state index in [1.54, 1.807) is 0 Å². The molecule has 1 aromatic carbocycles. The van der Waals surface area contributed by atoms with Gasteiger partial charge < -0.3 is 4.57 Å². The minimum Gasteiger partial charge on any atom is -0.318 e. The number of aromatic nitrogens is 1. The first-order valence-corrected chi connectivity index (χ1v) is 10.2. The van der Waals surface area contributed by atoms with Crippen molar-refractivity contribution in [3.05, 3.63) is 57.3 Å². The largest absolute Gasteiger partial charge is 0.441 e. The number of fused-ring (bicyclic) bond motifs is 1. The number of nitrogens with one attached hydrogen (secondary N) is 1. The highest BCUT2D eigenvalue weighted by Crippen LogP contribution is 2.35. The molecule has 1 amide bonds. The molecule has 0 saturated carbocycles. The minimum absolute atomic E-state index is 0.123. The Hall–Kier alpha value is -2.66. The van der Waals surface area contributed by atoms with Crippen LogP contribution in [0.25, 0.3) is 11.8 Å². The number of aliphatic imine (C=N–C) groups is 1. The van der Waals surface area contributed by atoms with Crippen molar-refractivity contribution in [1.29, 1.82) is 5.41 Å². The minimum atomic E-state index is -4.67. The SMILES string of the molecule is Cc1cc(/C=C2\C(=N)N3N=C(C(F)(F)F)SC3=NC2=O)c(C)n1-c1ccc(Br)cc1. The number of halogens is 4. The maximum Gasteiger partial charge on any atom is 0.441 e. The van der Waals surface area contributed by atoms with Crippen LogP contribution < -0.4 is 0 Å². The topological polar surface area (TPSA) is 73.8 Å². The number of hydrogen-bond acceptors (Lipinski definition) is 4. The number of hydrogen-bond donors (Lipinski definition) is 1. The van der Waals surface area contributed by atoms with Gasteiger partial charge in [-0.1, -0.05) is 15.9 Å². The van der Waals surface area contributed by atoms with Gasteiger partial charge in [0.1, 0.15) is 0 Å². The second-order valence-corrected chi connectivity index (χ2v) is 8.43. The first-order valence-electron chi connectivity index (χ1n) is 8.58. The Morgan fingerprint density at radius 2 is 1.87 bits per heavy atom. The second kappa shape index (κ2) is 7.24. The highest BCUT2D eigenvalue weighted by molar-refractivity contribution is 9.10. The van der Waals surface area contributed by atoms with Crippen molar-refractivity contribution in [2.45, 2.75) is 20.0 Å². The molecule has 0 unspecified atom stereocenters. The number of alkyl halides is 3. The van der Waals surface area contributed by atoms with Crippen LogP contribution in [0, 0.1) is 19.3 Å². The lowest BCUT2D eigenvalue weighted by atomic mass is 10.1. The van der Waals surface area contributed by atoms with E-state index in [-0.39, 0.29) is 22.5 Å². The summed E-state index contributed by atoms with van der Waals surface area (Å²) < 4.78 is 41.8. The molecule has 1 aromatic heterocycles. The number of carbonyl (C=O) groups excluding carboxylic acids is 1. The third-order valence-electron chi connectivity index (χ3n) is 4.55. The van der Waals surface area contributed by atoms with E-state index in [0.717, 1.165) is 26.6 Å². The van der Waals surface area contributed by atoms with Gasteiger partial charge in [-0.3, -0.25) is 10.2 Å². The van der Waals surface area contributed by atoms with Crippen LogP contribution in [0.5, 0.6) is 0 Å². The Labute approximate surface area is 181 Å². The number of hydrazone groups is 1. The molecular formula is C19H13BrF3N5OS. The monoisotopic (exact) mass is 495 g/mol. The lowest BCUT2D eigenvalue weighted by molar-refractivity contribution is -0.114. The Morgan fingerprint density at radius 1 is 1.20 bits per heavy atom. The van der Waals surface area contributed by atoms with Crippen LogP contribution in [0.3, 0.4) is 0 Å². The third-order valence-corrected chi connectivity index (χ3v) is 6.03. The van der Waals surface area contributed by atoms with Gasteiger partial charge in [0.05, 0.1) is 5.57 Å². The highest BCUT2D eigenvalue weighted by atomic mass is 79.9. The van der Waals surface area contributed by atoms with E-state index in [4.69, 9.17) is 5.41 Å². The fourth-order valence-electron chi connectivity index (χ4n) is 3.18. The Kier molecular flexibility index (Phi) is 4.97. The van der Waals surface area contributed by atoms with Crippen molar-refractivity contribution in [3.63, 3.8) is 0 Å². The summed E-state index contributed by atoms with van der Waals surface area (Å²) in [6, 6.07) is 9.52. The van der Waals surface area contributed by atoms with Gasteiger partial charge in [0, 0.05) is 21.5 Å². The molecule has 6 nitrogen and oxygen atoms in total. The maximum atomic E-state index is 12.9. The Morgan fingerprint density at radius 3 is 2.50 bits per heavy atom. The predicted octanol–water partition coefficient (Wildman–Crippen LogP) is 5.04. The van der Waals surface area contributed by atoms with E-state index >= 15 is 0 Å². The van der Waals surface area contributed by atoms with Crippen molar-refractivity contribution in [3.8, 4) is 5.69 Å². The number of thioether (sulfide) groups is 1. The van der Waals surface area contributed by atoms with Gasteiger partial charge >= 0.3 is 6.18 Å². The van der Waals surface area contributed by atoms with Crippen LogP contribution >= 0.6 is 27.7 Å². The zero-order chi connectivity index (χ0) is 21.8. The average Bonchev–Trinajstić information content (AvgIpc) is 3.21.